The fourth-order valence-corrected chi connectivity index (χ4v) is 2.77. The second kappa shape index (κ2) is 8.87. The Hall–Kier alpha value is -3.89. The van der Waals surface area contributed by atoms with Crippen LogP contribution in [-0.4, -0.2) is 10.8 Å². The number of benzene rings is 2. The summed E-state index contributed by atoms with van der Waals surface area (Å²) in [5.74, 6) is -0.107. The smallest absolute Gasteiger partial charge is 0.281 e. The number of halogens is 1. The molecule has 0 saturated carbocycles. The van der Waals surface area contributed by atoms with Crippen molar-refractivity contribution in [1.29, 1.82) is 5.26 Å². The molecule has 0 aliphatic heterocycles. The van der Waals surface area contributed by atoms with Gasteiger partial charge in [-0.2, -0.15) is 5.26 Å². The Morgan fingerprint density at radius 1 is 1.21 bits per heavy atom. The van der Waals surface area contributed by atoms with Gasteiger partial charge in [0.15, 0.2) is 0 Å². The maximum atomic E-state index is 12.3. The predicted molar refractivity (Wildman–Crippen MR) is 108 cm³/mol. The number of carbonyl (C=O) groups excluding carboxylic acids is 1. The summed E-state index contributed by atoms with van der Waals surface area (Å²) in [6.07, 6.45) is 1.28. The predicted octanol–water partition coefficient (Wildman–Crippen LogP) is 4.73. The number of nitriles is 1. The molecule has 0 atom stereocenters. The Labute approximate surface area is 171 Å². The second-order valence-corrected chi connectivity index (χ2v) is 6.40. The maximum Gasteiger partial charge on any atom is 0.281 e. The highest BCUT2D eigenvalue weighted by atomic mass is 35.5. The second-order valence-electron chi connectivity index (χ2n) is 5.96. The number of nitrogens with zero attached hydrogens (tertiary/aromatic N) is 2. The first-order valence-electron chi connectivity index (χ1n) is 8.46. The first kappa shape index (κ1) is 19.9. The third-order valence-electron chi connectivity index (χ3n) is 4.00. The van der Waals surface area contributed by atoms with Gasteiger partial charge in [0.25, 0.3) is 11.6 Å². The Bertz CT molecular complexity index is 1130. The van der Waals surface area contributed by atoms with Gasteiger partial charge in [0, 0.05) is 23.7 Å². The number of furan rings is 1. The molecule has 8 heteroatoms. The third-order valence-corrected chi connectivity index (χ3v) is 4.23. The number of hydrogen-bond acceptors (Lipinski definition) is 5. The number of nitro groups is 1. The van der Waals surface area contributed by atoms with Crippen LogP contribution in [-0.2, 0) is 11.3 Å². The summed E-state index contributed by atoms with van der Waals surface area (Å²) in [7, 11) is 0. The molecule has 0 aliphatic rings. The van der Waals surface area contributed by atoms with Crippen molar-refractivity contribution >= 4 is 29.3 Å². The molecular weight excluding hydrogens is 394 g/mol. The Kier molecular flexibility index (Phi) is 6.07. The van der Waals surface area contributed by atoms with E-state index in [4.69, 9.17) is 16.0 Å². The average molecular weight is 408 g/mol. The summed E-state index contributed by atoms with van der Waals surface area (Å²) >= 11 is 5.82. The van der Waals surface area contributed by atoms with Crippen molar-refractivity contribution in [2.45, 2.75) is 6.54 Å². The molecule has 0 spiro atoms. The number of amides is 1. The molecule has 0 saturated heterocycles. The topological polar surface area (TPSA) is 109 Å². The van der Waals surface area contributed by atoms with Crippen LogP contribution in [0.25, 0.3) is 17.4 Å². The maximum absolute atomic E-state index is 12.3. The molecule has 0 fully saturated rings. The average Bonchev–Trinajstić information content (AvgIpc) is 3.19. The van der Waals surface area contributed by atoms with E-state index in [1.807, 2.05) is 36.4 Å². The van der Waals surface area contributed by atoms with Crippen LogP contribution in [0.3, 0.4) is 0 Å². The van der Waals surface area contributed by atoms with Gasteiger partial charge in [-0.25, -0.2) is 0 Å². The molecule has 144 valence electrons. The fourth-order valence-electron chi connectivity index (χ4n) is 2.60. The van der Waals surface area contributed by atoms with Gasteiger partial charge in [0.1, 0.15) is 23.2 Å². The van der Waals surface area contributed by atoms with Crippen molar-refractivity contribution in [2.75, 3.05) is 0 Å². The van der Waals surface area contributed by atoms with Crippen LogP contribution in [0.5, 0.6) is 0 Å². The minimum absolute atomic E-state index is 0.146. The van der Waals surface area contributed by atoms with Gasteiger partial charge in [-0.15, -0.1) is 0 Å². The lowest BCUT2D eigenvalue weighted by molar-refractivity contribution is -0.384. The molecule has 0 aliphatic carbocycles. The first-order chi connectivity index (χ1) is 14.0. The molecule has 0 bridgehead atoms. The minimum atomic E-state index is -0.559. The van der Waals surface area contributed by atoms with Crippen molar-refractivity contribution in [1.82, 2.24) is 5.32 Å². The van der Waals surface area contributed by atoms with E-state index in [1.54, 1.807) is 0 Å². The summed E-state index contributed by atoms with van der Waals surface area (Å²) in [6.45, 7) is 0.277. The van der Waals surface area contributed by atoms with E-state index in [9.17, 15) is 20.2 Å². The van der Waals surface area contributed by atoms with Gasteiger partial charge in [-0.05, 0) is 29.8 Å². The molecule has 2 aromatic carbocycles. The summed E-state index contributed by atoms with van der Waals surface area (Å²) in [5, 5.41) is 23.4. The van der Waals surface area contributed by atoms with Crippen LogP contribution in [0.15, 0.2) is 70.7 Å². The van der Waals surface area contributed by atoms with E-state index >= 15 is 0 Å². The highest BCUT2D eigenvalue weighted by Crippen LogP contribution is 2.33. The summed E-state index contributed by atoms with van der Waals surface area (Å²) in [4.78, 5) is 23.0. The molecule has 1 amide bonds. The van der Waals surface area contributed by atoms with E-state index < -0.39 is 10.8 Å². The quantitative estimate of drug-likeness (QED) is 0.275. The largest absolute Gasteiger partial charge is 0.456 e. The lowest BCUT2D eigenvalue weighted by Crippen LogP contribution is -2.23. The number of hydrogen-bond donors (Lipinski definition) is 1. The van der Waals surface area contributed by atoms with Gasteiger partial charge in [0.05, 0.1) is 10.5 Å². The molecule has 7 nitrogen and oxygen atoms in total. The Morgan fingerprint density at radius 3 is 2.66 bits per heavy atom. The van der Waals surface area contributed by atoms with Crippen molar-refractivity contribution in [3.63, 3.8) is 0 Å². The van der Waals surface area contributed by atoms with Crippen LogP contribution < -0.4 is 5.32 Å². The highest BCUT2D eigenvalue weighted by molar-refractivity contribution is 6.30. The monoisotopic (exact) mass is 407 g/mol. The Morgan fingerprint density at radius 2 is 1.97 bits per heavy atom. The lowest BCUT2D eigenvalue weighted by atomic mass is 10.1. The highest BCUT2D eigenvalue weighted by Gasteiger charge is 2.19. The van der Waals surface area contributed by atoms with Crippen LogP contribution >= 0.6 is 11.6 Å². The van der Waals surface area contributed by atoms with Crippen LogP contribution in [0.2, 0.25) is 5.02 Å². The number of rotatable bonds is 6. The zero-order valence-corrected chi connectivity index (χ0v) is 15.7. The number of nitro benzene ring substituents is 1. The van der Waals surface area contributed by atoms with Crippen LogP contribution in [0.1, 0.15) is 11.3 Å². The summed E-state index contributed by atoms with van der Waals surface area (Å²) < 4.78 is 5.59. The zero-order valence-electron chi connectivity index (χ0n) is 15.0. The minimum Gasteiger partial charge on any atom is -0.456 e. The molecule has 29 heavy (non-hydrogen) atoms. The van der Waals surface area contributed by atoms with Gasteiger partial charge in [-0.3, -0.25) is 14.9 Å². The van der Waals surface area contributed by atoms with Crippen molar-refractivity contribution in [3.8, 4) is 17.4 Å². The van der Waals surface area contributed by atoms with Gasteiger partial charge < -0.3 is 9.73 Å². The van der Waals surface area contributed by atoms with Gasteiger partial charge in [-0.1, -0.05) is 41.9 Å². The zero-order chi connectivity index (χ0) is 20.8. The molecular formula is C21H14ClN3O4. The molecule has 1 N–H and O–H groups in total. The number of nitrogens with one attached hydrogen (secondary N) is 1. The van der Waals surface area contributed by atoms with Gasteiger partial charge in [0.2, 0.25) is 0 Å². The first-order valence-corrected chi connectivity index (χ1v) is 8.84. The van der Waals surface area contributed by atoms with E-state index in [2.05, 4.69) is 5.32 Å². The van der Waals surface area contributed by atoms with Crippen LogP contribution in [0, 0.1) is 21.4 Å². The molecule has 3 aromatic rings. The van der Waals surface area contributed by atoms with E-state index in [0.29, 0.717) is 0 Å². The standard InChI is InChI=1S/C21H14ClN3O4/c22-16-6-8-18(19(11-16)25(27)28)20-9-7-17(29-20)10-15(12-23)21(26)24-13-14-4-2-1-3-5-14/h1-11H,13H2,(H,24,26). The van der Waals surface area contributed by atoms with Gasteiger partial charge >= 0.3 is 0 Å². The summed E-state index contributed by atoms with van der Waals surface area (Å²) in [6, 6.07) is 18.4. The molecule has 3 rings (SSSR count). The molecule has 0 radical (unpaired) electrons. The molecule has 1 heterocycles. The van der Waals surface area contributed by atoms with E-state index in [0.717, 1.165) is 5.56 Å². The van der Waals surface area contributed by atoms with Crippen molar-refractivity contribution in [2.24, 2.45) is 0 Å². The normalized spacial score (nSPS) is 11.0. The van der Waals surface area contributed by atoms with Crippen molar-refractivity contribution < 1.29 is 14.1 Å². The fraction of sp³-hybridized carbons (Fsp3) is 0.0476. The SMILES string of the molecule is N#CC(=Cc1ccc(-c2ccc(Cl)cc2[N+](=O)[O-])o1)C(=O)NCc1ccccc1. The van der Waals surface area contributed by atoms with E-state index in [1.165, 1.54) is 36.4 Å². The number of carbonyl (C=O) groups is 1. The molecule has 1 aromatic heterocycles. The third kappa shape index (κ3) is 4.89. The summed E-state index contributed by atoms with van der Waals surface area (Å²) in [5.41, 5.74) is 0.787. The molecule has 0 unspecified atom stereocenters. The van der Waals surface area contributed by atoms with Crippen LogP contribution in [0.4, 0.5) is 5.69 Å². The lowest BCUT2D eigenvalue weighted by Gasteiger charge is -2.04. The Balaban J connectivity index is 1.80. The van der Waals surface area contributed by atoms with Crippen molar-refractivity contribution in [3.05, 3.63) is 92.7 Å². The van der Waals surface area contributed by atoms with E-state index in [-0.39, 0.29) is 39.9 Å².